The Kier molecular flexibility index (Phi) is 5.41. The average molecular weight is 395 g/mol. The topological polar surface area (TPSA) is 26.3 Å². The molecule has 3 aromatic rings. The van der Waals surface area contributed by atoms with Gasteiger partial charge in [-0.3, -0.25) is 0 Å². The molecule has 0 radical (unpaired) electrons. The third kappa shape index (κ3) is 4.13. The molecule has 2 nitrogen and oxygen atoms in total. The second kappa shape index (κ2) is 8.16. The van der Waals surface area contributed by atoms with Crippen LogP contribution in [0.4, 0.5) is 0 Å². The molecule has 1 aliphatic rings. The molecule has 0 bridgehead atoms. The highest BCUT2D eigenvalue weighted by Crippen LogP contribution is 2.41. The van der Waals surface area contributed by atoms with Gasteiger partial charge in [-0.1, -0.05) is 80.1 Å². The summed E-state index contributed by atoms with van der Waals surface area (Å²) >= 11 is 0. The highest BCUT2D eigenvalue weighted by atomic mass is 16.5. The van der Waals surface area contributed by atoms with Crippen molar-refractivity contribution in [2.75, 3.05) is 0 Å². The number of hydrogen-bond donors (Lipinski definition) is 0. The van der Waals surface area contributed by atoms with Crippen molar-refractivity contribution in [2.45, 2.75) is 32.6 Å². The van der Waals surface area contributed by atoms with Gasteiger partial charge >= 0.3 is 5.97 Å². The van der Waals surface area contributed by atoms with Crippen LogP contribution in [0.1, 0.15) is 58.4 Å². The first-order valence-corrected chi connectivity index (χ1v) is 10.3. The maximum Gasteiger partial charge on any atom is 0.342 e. The van der Waals surface area contributed by atoms with Crippen molar-refractivity contribution < 1.29 is 9.53 Å². The molecule has 2 heteroatoms. The monoisotopic (exact) mass is 394 g/mol. The van der Waals surface area contributed by atoms with Crippen molar-refractivity contribution >= 4 is 17.6 Å². The summed E-state index contributed by atoms with van der Waals surface area (Å²) in [7, 11) is 0. The first-order valence-electron chi connectivity index (χ1n) is 10.3. The van der Waals surface area contributed by atoms with E-state index in [-0.39, 0.29) is 11.4 Å². The molecule has 3 aromatic carbocycles. The highest BCUT2D eigenvalue weighted by Gasteiger charge is 2.28. The fourth-order valence-electron chi connectivity index (χ4n) is 3.88. The number of fused-ring (bicyclic) bond motifs is 1. The molecule has 0 atom stereocenters. The second-order valence-electron chi connectivity index (χ2n) is 8.45. The zero-order chi connectivity index (χ0) is 21.1. The van der Waals surface area contributed by atoms with Gasteiger partial charge in [0.25, 0.3) is 0 Å². The van der Waals surface area contributed by atoms with Crippen LogP contribution in [0.25, 0.3) is 11.6 Å². The van der Waals surface area contributed by atoms with E-state index in [1.165, 1.54) is 34.1 Å². The number of carbonyl (C=O) groups excluding carboxylic acids is 1. The second-order valence-corrected chi connectivity index (χ2v) is 8.45. The van der Waals surface area contributed by atoms with Crippen LogP contribution in [-0.4, -0.2) is 5.97 Å². The Hall–Kier alpha value is -3.39. The van der Waals surface area contributed by atoms with Crippen molar-refractivity contribution in [3.8, 4) is 0 Å². The van der Waals surface area contributed by atoms with Gasteiger partial charge in [-0.15, -0.1) is 0 Å². The first-order chi connectivity index (χ1) is 14.4. The molecule has 0 spiro atoms. The van der Waals surface area contributed by atoms with Gasteiger partial charge in [-0.2, -0.15) is 0 Å². The predicted octanol–water partition coefficient (Wildman–Crippen LogP) is 6.94. The molecular weight excluding hydrogens is 368 g/mol. The van der Waals surface area contributed by atoms with E-state index in [4.69, 9.17) is 4.74 Å². The number of carbonyl (C=O) groups is 1. The van der Waals surface area contributed by atoms with Gasteiger partial charge in [0.2, 0.25) is 0 Å². The van der Waals surface area contributed by atoms with Crippen molar-refractivity contribution in [3.05, 3.63) is 119 Å². The van der Waals surface area contributed by atoms with Gasteiger partial charge in [0.05, 0.1) is 11.8 Å². The van der Waals surface area contributed by atoms with Crippen molar-refractivity contribution in [1.82, 2.24) is 0 Å². The largest absolute Gasteiger partial charge is 0.431 e. The molecule has 0 amide bonds. The van der Waals surface area contributed by atoms with Crippen LogP contribution >= 0.6 is 0 Å². The lowest BCUT2D eigenvalue weighted by molar-refractivity contribution is 0.0665. The minimum atomic E-state index is -0.355. The SMILES string of the molecule is Cc1ccc(C2=CCC(C)(C)c3ccc(C=COC(=O)c4ccccc4)cc32)cc1. The fourth-order valence-corrected chi connectivity index (χ4v) is 3.88. The lowest BCUT2D eigenvalue weighted by atomic mass is 9.72. The van der Waals surface area contributed by atoms with Crippen LogP contribution in [0.15, 0.2) is 85.1 Å². The van der Waals surface area contributed by atoms with E-state index in [1.807, 2.05) is 24.3 Å². The lowest BCUT2D eigenvalue weighted by Crippen LogP contribution is -2.21. The summed E-state index contributed by atoms with van der Waals surface area (Å²) in [5, 5.41) is 0. The third-order valence-corrected chi connectivity index (χ3v) is 5.69. The molecule has 150 valence electrons. The van der Waals surface area contributed by atoms with Gasteiger partial charge in [-0.25, -0.2) is 4.79 Å². The maximum atomic E-state index is 12.1. The summed E-state index contributed by atoms with van der Waals surface area (Å²) in [6.07, 6.45) is 6.67. The standard InChI is InChI=1S/C28H26O2/c1-20-9-12-22(13-10-20)24-15-17-28(2,3)26-14-11-21(19-25(24)26)16-18-30-27(29)23-7-5-4-6-8-23/h4-16,18-19H,17H2,1-3H3. The van der Waals surface area contributed by atoms with Gasteiger partial charge < -0.3 is 4.74 Å². The quantitative estimate of drug-likeness (QED) is 0.354. The minimum absolute atomic E-state index is 0.0888. The minimum Gasteiger partial charge on any atom is -0.431 e. The molecule has 1 aliphatic carbocycles. The lowest BCUT2D eigenvalue weighted by Gasteiger charge is -2.32. The van der Waals surface area contributed by atoms with Gasteiger partial charge in [0.1, 0.15) is 0 Å². The Bertz CT molecular complexity index is 1120. The average Bonchev–Trinajstić information content (AvgIpc) is 2.75. The zero-order valence-corrected chi connectivity index (χ0v) is 17.7. The fraction of sp³-hybridized carbons (Fsp3) is 0.179. The number of esters is 1. The van der Waals surface area contributed by atoms with E-state index in [0.717, 1.165) is 12.0 Å². The Morgan fingerprint density at radius 3 is 2.43 bits per heavy atom. The summed E-state index contributed by atoms with van der Waals surface area (Å²) in [4.78, 5) is 12.1. The van der Waals surface area contributed by atoms with Gasteiger partial charge in [-0.05, 0) is 70.9 Å². The van der Waals surface area contributed by atoms with Gasteiger partial charge in [0, 0.05) is 0 Å². The van der Waals surface area contributed by atoms with Crippen LogP contribution in [0.2, 0.25) is 0 Å². The normalized spacial score (nSPS) is 14.8. The number of aryl methyl sites for hydroxylation is 1. The molecule has 0 aromatic heterocycles. The number of rotatable bonds is 4. The van der Waals surface area contributed by atoms with Crippen molar-refractivity contribution in [2.24, 2.45) is 0 Å². The van der Waals surface area contributed by atoms with Crippen LogP contribution < -0.4 is 0 Å². The van der Waals surface area contributed by atoms with E-state index in [9.17, 15) is 4.79 Å². The predicted molar refractivity (Wildman–Crippen MR) is 123 cm³/mol. The Morgan fingerprint density at radius 2 is 1.70 bits per heavy atom. The van der Waals surface area contributed by atoms with E-state index >= 15 is 0 Å². The Balaban J connectivity index is 1.62. The molecule has 0 aliphatic heterocycles. The van der Waals surface area contributed by atoms with E-state index in [1.54, 1.807) is 12.1 Å². The van der Waals surface area contributed by atoms with E-state index in [2.05, 4.69) is 69.3 Å². The number of allylic oxidation sites excluding steroid dienone is 1. The van der Waals surface area contributed by atoms with Crippen molar-refractivity contribution in [3.63, 3.8) is 0 Å². The summed E-state index contributed by atoms with van der Waals surface area (Å²) in [6, 6.07) is 24.2. The molecule has 0 N–H and O–H groups in total. The molecule has 0 heterocycles. The Morgan fingerprint density at radius 1 is 0.967 bits per heavy atom. The van der Waals surface area contributed by atoms with Crippen LogP contribution in [0.3, 0.4) is 0 Å². The zero-order valence-electron chi connectivity index (χ0n) is 17.7. The smallest absolute Gasteiger partial charge is 0.342 e. The van der Waals surface area contributed by atoms with Crippen LogP contribution in [0, 0.1) is 6.92 Å². The molecule has 0 saturated carbocycles. The summed E-state index contributed by atoms with van der Waals surface area (Å²) in [5.41, 5.74) is 7.98. The summed E-state index contributed by atoms with van der Waals surface area (Å²) < 4.78 is 5.31. The number of hydrogen-bond acceptors (Lipinski definition) is 2. The molecule has 4 rings (SSSR count). The third-order valence-electron chi connectivity index (χ3n) is 5.69. The van der Waals surface area contributed by atoms with Crippen molar-refractivity contribution in [1.29, 1.82) is 0 Å². The molecule has 30 heavy (non-hydrogen) atoms. The highest BCUT2D eigenvalue weighted by molar-refractivity contribution is 5.90. The molecular formula is C28H26O2. The van der Waals surface area contributed by atoms with Crippen LogP contribution in [0.5, 0.6) is 0 Å². The summed E-state index contributed by atoms with van der Waals surface area (Å²) in [6.45, 7) is 6.67. The maximum absolute atomic E-state index is 12.1. The van der Waals surface area contributed by atoms with Gasteiger partial charge in [0.15, 0.2) is 0 Å². The Labute approximate surface area is 178 Å². The molecule has 0 fully saturated rings. The first kappa shape index (κ1) is 19.9. The molecule has 0 unspecified atom stereocenters. The van der Waals surface area contributed by atoms with Crippen LogP contribution in [-0.2, 0) is 10.2 Å². The van der Waals surface area contributed by atoms with E-state index in [0.29, 0.717) is 5.56 Å². The summed E-state index contributed by atoms with van der Waals surface area (Å²) in [5.74, 6) is -0.355. The number of ether oxygens (including phenoxy) is 1. The molecule has 0 saturated heterocycles. The number of benzene rings is 3. The van der Waals surface area contributed by atoms with E-state index < -0.39 is 0 Å².